The molecule has 4 rings (SSSR count). The SMILES string of the molecule is Cc1cc(=O)c2c(O)cc(O[C@@H]3O[C@H](COC(=O)c4cc(O)c(O)c(O)c4)[C@@H](O)[C@H](O)[C@H]3O)cc2o1. The summed E-state index contributed by atoms with van der Waals surface area (Å²) in [6, 6.07) is 5.20. The van der Waals surface area contributed by atoms with Crippen molar-refractivity contribution in [3.8, 4) is 28.7 Å². The Morgan fingerprint density at radius 3 is 2.25 bits per heavy atom. The fourth-order valence-electron chi connectivity index (χ4n) is 3.68. The average molecular weight is 506 g/mol. The first-order valence-electron chi connectivity index (χ1n) is 10.5. The van der Waals surface area contributed by atoms with Crippen molar-refractivity contribution in [2.45, 2.75) is 37.6 Å². The first kappa shape index (κ1) is 25.1. The van der Waals surface area contributed by atoms with Crippen LogP contribution in [0, 0.1) is 6.92 Å². The molecule has 1 fully saturated rings. The van der Waals surface area contributed by atoms with Gasteiger partial charge in [0.1, 0.15) is 59.3 Å². The summed E-state index contributed by atoms with van der Waals surface area (Å²) in [5.74, 6) is -3.74. The van der Waals surface area contributed by atoms with E-state index in [1.165, 1.54) is 19.1 Å². The molecule has 1 aromatic heterocycles. The van der Waals surface area contributed by atoms with E-state index in [-0.39, 0.29) is 28.0 Å². The van der Waals surface area contributed by atoms with Gasteiger partial charge in [0.25, 0.3) is 0 Å². The van der Waals surface area contributed by atoms with E-state index in [2.05, 4.69) is 0 Å². The summed E-state index contributed by atoms with van der Waals surface area (Å²) >= 11 is 0. The maximum Gasteiger partial charge on any atom is 0.338 e. The molecular formula is C23H22O13. The lowest BCUT2D eigenvalue weighted by Crippen LogP contribution is -2.60. The number of benzene rings is 2. The van der Waals surface area contributed by atoms with E-state index in [0.29, 0.717) is 0 Å². The second-order valence-corrected chi connectivity index (χ2v) is 8.13. The van der Waals surface area contributed by atoms with Crippen molar-refractivity contribution in [2.75, 3.05) is 6.61 Å². The van der Waals surface area contributed by atoms with Gasteiger partial charge in [0, 0.05) is 18.2 Å². The topological polar surface area (TPSA) is 217 Å². The number of aliphatic hydroxyl groups excluding tert-OH is 3. The van der Waals surface area contributed by atoms with E-state index in [1.807, 2.05) is 0 Å². The fraction of sp³-hybridized carbons (Fsp3) is 0.304. The van der Waals surface area contributed by atoms with Crippen LogP contribution in [-0.4, -0.2) is 79.0 Å². The minimum Gasteiger partial charge on any atom is -0.507 e. The van der Waals surface area contributed by atoms with Crippen molar-refractivity contribution < 1.29 is 59.2 Å². The molecule has 13 heteroatoms. The lowest BCUT2D eigenvalue weighted by molar-refractivity contribution is -0.277. The third-order valence-corrected chi connectivity index (χ3v) is 5.51. The molecule has 192 valence electrons. The number of hydrogen-bond acceptors (Lipinski definition) is 13. The summed E-state index contributed by atoms with van der Waals surface area (Å²) < 4.78 is 21.4. The molecule has 0 saturated carbocycles. The number of phenols is 4. The summed E-state index contributed by atoms with van der Waals surface area (Å²) in [5, 5.41) is 69.4. The Morgan fingerprint density at radius 1 is 0.917 bits per heavy atom. The van der Waals surface area contributed by atoms with Gasteiger partial charge in [-0.25, -0.2) is 4.79 Å². The van der Waals surface area contributed by atoms with Crippen LogP contribution in [0.25, 0.3) is 11.0 Å². The fourth-order valence-corrected chi connectivity index (χ4v) is 3.68. The average Bonchev–Trinajstić information content (AvgIpc) is 2.80. The molecule has 2 heterocycles. The molecule has 1 aliphatic heterocycles. The van der Waals surface area contributed by atoms with Crippen molar-refractivity contribution in [3.05, 3.63) is 51.9 Å². The number of carbonyl (C=O) groups excluding carboxylic acids is 1. The van der Waals surface area contributed by atoms with Crippen LogP contribution in [0.5, 0.6) is 28.7 Å². The molecule has 36 heavy (non-hydrogen) atoms. The molecule has 1 saturated heterocycles. The molecule has 3 aromatic rings. The second-order valence-electron chi connectivity index (χ2n) is 8.13. The minimum absolute atomic E-state index is 0.00762. The first-order chi connectivity index (χ1) is 17.0. The number of aryl methyl sites for hydroxylation is 1. The lowest BCUT2D eigenvalue weighted by Gasteiger charge is -2.39. The van der Waals surface area contributed by atoms with Crippen LogP contribution >= 0.6 is 0 Å². The maximum absolute atomic E-state index is 12.3. The quantitative estimate of drug-likeness (QED) is 0.179. The van der Waals surface area contributed by atoms with Gasteiger partial charge in [-0.05, 0) is 19.1 Å². The van der Waals surface area contributed by atoms with Crippen LogP contribution in [0.15, 0.2) is 39.5 Å². The number of fused-ring (bicyclic) bond motifs is 1. The molecule has 0 radical (unpaired) electrons. The highest BCUT2D eigenvalue weighted by atomic mass is 16.7. The zero-order valence-electron chi connectivity index (χ0n) is 18.6. The third kappa shape index (κ3) is 4.72. The van der Waals surface area contributed by atoms with Crippen molar-refractivity contribution in [1.29, 1.82) is 0 Å². The summed E-state index contributed by atoms with van der Waals surface area (Å²) in [6.07, 6.45) is -8.27. The lowest BCUT2D eigenvalue weighted by atomic mass is 9.99. The maximum atomic E-state index is 12.3. The van der Waals surface area contributed by atoms with Gasteiger partial charge in [-0.2, -0.15) is 0 Å². The highest BCUT2D eigenvalue weighted by Crippen LogP contribution is 2.36. The zero-order valence-corrected chi connectivity index (χ0v) is 18.6. The summed E-state index contributed by atoms with van der Waals surface area (Å²) in [4.78, 5) is 24.4. The Labute approximate surface area is 201 Å². The molecule has 5 atom stereocenters. The van der Waals surface area contributed by atoms with Gasteiger partial charge >= 0.3 is 5.97 Å². The summed E-state index contributed by atoms with van der Waals surface area (Å²) in [7, 11) is 0. The van der Waals surface area contributed by atoms with Gasteiger partial charge in [0.15, 0.2) is 22.7 Å². The zero-order chi connectivity index (χ0) is 26.3. The van der Waals surface area contributed by atoms with Gasteiger partial charge in [0.05, 0.1) is 5.56 Å². The standard InChI is InChI=1S/C23H22O13/c1-8-2-11(24)17-12(25)5-10(6-15(17)34-8)35-23-21(31)20(30)19(29)16(36-23)7-33-22(32)9-3-13(26)18(28)14(27)4-9/h2-6,16,19-21,23,25-31H,7H2,1H3/t16-,19-,20+,21-,23-/m1/s1. The molecule has 0 bridgehead atoms. The van der Waals surface area contributed by atoms with Gasteiger partial charge < -0.3 is 54.4 Å². The molecule has 0 unspecified atom stereocenters. The van der Waals surface area contributed by atoms with Crippen LogP contribution in [0.4, 0.5) is 0 Å². The molecule has 0 spiro atoms. The Morgan fingerprint density at radius 2 is 1.58 bits per heavy atom. The van der Waals surface area contributed by atoms with Crippen LogP contribution in [0.2, 0.25) is 0 Å². The van der Waals surface area contributed by atoms with Crippen molar-refractivity contribution in [3.63, 3.8) is 0 Å². The van der Waals surface area contributed by atoms with Gasteiger partial charge in [0.2, 0.25) is 6.29 Å². The molecule has 7 N–H and O–H groups in total. The van der Waals surface area contributed by atoms with Gasteiger partial charge in [-0.1, -0.05) is 0 Å². The highest BCUT2D eigenvalue weighted by molar-refractivity contribution is 5.91. The Kier molecular flexibility index (Phi) is 6.65. The molecular weight excluding hydrogens is 484 g/mol. The Balaban J connectivity index is 1.51. The summed E-state index contributed by atoms with van der Waals surface area (Å²) in [5.41, 5.74) is -0.820. The largest absolute Gasteiger partial charge is 0.507 e. The van der Waals surface area contributed by atoms with Crippen molar-refractivity contribution >= 4 is 16.9 Å². The highest BCUT2D eigenvalue weighted by Gasteiger charge is 2.45. The predicted octanol–water partition coefficient (Wildman–Crippen LogP) is -0.0328. The van der Waals surface area contributed by atoms with Crippen LogP contribution in [-0.2, 0) is 9.47 Å². The number of carbonyl (C=O) groups is 1. The van der Waals surface area contributed by atoms with E-state index in [0.717, 1.165) is 18.2 Å². The van der Waals surface area contributed by atoms with Gasteiger partial charge in [-0.3, -0.25) is 4.79 Å². The predicted molar refractivity (Wildman–Crippen MR) is 118 cm³/mol. The third-order valence-electron chi connectivity index (χ3n) is 5.51. The monoisotopic (exact) mass is 506 g/mol. The number of aromatic hydroxyl groups is 4. The molecule has 0 aliphatic carbocycles. The molecule has 1 aliphatic rings. The van der Waals surface area contributed by atoms with Gasteiger partial charge in [-0.15, -0.1) is 0 Å². The van der Waals surface area contributed by atoms with E-state index in [1.54, 1.807) is 0 Å². The smallest absolute Gasteiger partial charge is 0.338 e. The Bertz CT molecular complexity index is 1340. The van der Waals surface area contributed by atoms with E-state index < -0.39 is 71.7 Å². The van der Waals surface area contributed by atoms with E-state index in [4.69, 9.17) is 18.6 Å². The second kappa shape index (κ2) is 9.54. The van der Waals surface area contributed by atoms with E-state index >= 15 is 0 Å². The number of phenolic OH excluding ortho intramolecular Hbond substituents is 4. The first-order valence-corrected chi connectivity index (χ1v) is 10.5. The van der Waals surface area contributed by atoms with Crippen molar-refractivity contribution in [1.82, 2.24) is 0 Å². The van der Waals surface area contributed by atoms with Crippen LogP contribution in [0.3, 0.4) is 0 Å². The molecule has 0 amide bonds. The van der Waals surface area contributed by atoms with Crippen LogP contribution < -0.4 is 10.2 Å². The van der Waals surface area contributed by atoms with Crippen molar-refractivity contribution in [2.24, 2.45) is 0 Å². The van der Waals surface area contributed by atoms with E-state index in [9.17, 15) is 45.3 Å². The Hall–Kier alpha value is -4.04. The number of aliphatic hydroxyl groups is 3. The minimum atomic E-state index is -1.79. The number of rotatable bonds is 5. The van der Waals surface area contributed by atoms with Crippen LogP contribution in [0.1, 0.15) is 16.1 Å². The summed E-state index contributed by atoms with van der Waals surface area (Å²) in [6.45, 7) is 0.882. The molecule has 2 aromatic carbocycles. The number of ether oxygens (including phenoxy) is 3. The molecule has 13 nitrogen and oxygen atoms in total. The normalized spacial score (nSPS) is 23.9. The number of hydrogen-bond donors (Lipinski definition) is 7. The number of esters is 1.